The molecule has 0 aliphatic rings. The normalized spacial score (nSPS) is 13.4. The molecule has 1 atom stereocenters. The average Bonchev–Trinajstić information content (AvgIpc) is 2.78. The number of rotatable bonds is 5. The van der Waals surface area contributed by atoms with Crippen LogP contribution in [0.3, 0.4) is 0 Å². The molecule has 0 saturated heterocycles. The molecule has 2 aromatic rings. The van der Waals surface area contributed by atoms with Crippen molar-refractivity contribution in [2.75, 3.05) is 32.5 Å². The number of nitrogens with zero attached hydrogens (tertiary/aromatic N) is 4. The van der Waals surface area contributed by atoms with Crippen molar-refractivity contribution in [3.8, 4) is 0 Å². The van der Waals surface area contributed by atoms with Crippen LogP contribution in [0.15, 0.2) is 0 Å². The predicted octanol–water partition coefficient (Wildman–Crippen LogP) is 0.673. The molecule has 18 heavy (non-hydrogen) atoms. The molecule has 0 amide bonds. The topological polar surface area (TPSA) is 66.2 Å². The van der Waals surface area contributed by atoms with E-state index in [1.165, 1.54) is 0 Å². The van der Waals surface area contributed by atoms with Crippen LogP contribution >= 0.6 is 11.3 Å². The van der Waals surface area contributed by atoms with Crippen molar-refractivity contribution in [2.24, 2.45) is 7.05 Å². The van der Waals surface area contributed by atoms with Crippen LogP contribution in [-0.2, 0) is 7.05 Å². The third kappa shape index (κ3) is 2.80. The molecule has 0 unspecified atom stereocenters. The number of hydrogen-bond donors (Lipinski definition) is 2. The summed E-state index contributed by atoms with van der Waals surface area (Å²) < 4.78 is 2.88. The lowest BCUT2D eigenvalue weighted by Crippen LogP contribution is -2.31. The van der Waals surface area contributed by atoms with E-state index in [1.807, 2.05) is 33.0 Å². The van der Waals surface area contributed by atoms with E-state index in [1.54, 1.807) is 16.0 Å². The second-order valence-corrected chi connectivity index (χ2v) is 5.68. The summed E-state index contributed by atoms with van der Waals surface area (Å²) in [6.07, 6.45) is -0.397. The first-order valence-corrected chi connectivity index (χ1v) is 6.66. The highest BCUT2D eigenvalue weighted by Gasteiger charge is 2.12. The fourth-order valence-electron chi connectivity index (χ4n) is 1.85. The summed E-state index contributed by atoms with van der Waals surface area (Å²) >= 11 is 1.58. The Morgan fingerprint density at radius 3 is 2.83 bits per heavy atom. The number of aliphatic hydroxyl groups is 1. The Morgan fingerprint density at radius 2 is 2.22 bits per heavy atom. The highest BCUT2D eigenvalue weighted by molar-refractivity contribution is 7.22. The Bertz CT molecular complexity index is 498. The molecule has 2 aromatic heterocycles. The zero-order valence-electron chi connectivity index (χ0n) is 11.1. The Balaban J connectivity index is 2.02. The van der Waals surface area contributed by atoms with E-state index in [0.717, 1.165) is 21.2 Å². The standard InChI is InChI=1S/C11H19N5OS/c1-7-9-10(16(4)14-7)13-11(18-9)12-5-8(17)6-15(2)3/h8,17H,5-6H2,1-4H3,(H,12,13)/t8-/m0/s1. The van der Waals surface area contributed by atoms with Crippen molar-refractivity contribution < 1.29 is 5.11 Å². The number of aryl methyl sites for hydroxylation is 2. The lowest BCUT2D eigenvalue weighted by atomic mass is 10.3. The SMILES string of the molecule is Cc1nn(C)c2nc(NC[C@H](O)CN(C)C)sc12. The van der Waals surface area contributed by atoms with Gasteiger partial charge in [-0.3, -0.25) is 0 Å². The lowest BCUT2D eigenvalue weighted by Gasteiger charge is -2.15. The van der Waals surface area contributed by atoms with Gasteiger partial charge in [-0.1, -0.05) is 11.3 Å². The first-order chi connectivity index (χ1) is 8.47. The van der Waals surface area contributed by atoms with Crippen LogP contribution < -0.4 is 5.32 Å². The highest BCUT2D eigenvalue weighted by Crippen LogP contribution is 2.27. The zero-order valence-corrected chi connectivity index (χ0v) is 12.0. The summed E-state index contributed by atoms with van der Waals surface area (Å²) in [6.45, 7) is 3.12. The molecule has 0 saturated carbocycles. The third-order valence-corrected chi connectivity index (χ3v) is 3.72. The Morgan fingerprint density at radius 1 is 1.50 bits per heavy atom. The van der Waals surface area contributed by atoms with Gasteiger partial charge in [0.15, 0.2) is 10.8 Å². The number of likely N-dealkylation sites (N-methyl/N-ethyl adjacent to an activating group) is 1. The van der Waals surface area contributed by atoms with Gasteiger partial charge in [-0.15, -0.1) is 0 Å². The molecule has 6 nitrogen and oxygen atoms in total. The molecular formula is C11H19N5OS. The maximum atomic E-state index is 9.77. The number of fused-ring (bicyclic) bond motifs is 1. The molecule has 0 aliphatic carbocycles. The predicted molar refractivity (Wildman–Crippen MR) is 74.2 cm³/mol. The minimum atomic E-state index is -0.397. The van der Waals surface area contributed by atoms with Gasteiger partial charge in [0.2, 0.25) is 0 Å². The molecule has 0 aromatic carbocycles. The molecule has 0 fully saturated rings. The van der Waals surface area contributed by atoms with E-state index in [9.17, 15) is 5.11 Å². The molecule has 2 rings (SSSR count). The molecule has 0 spiro atoms. The minimum Gasteiger partial charge on any atom is -0.390 e. The largest absolute Gasteiger partial charge is 0.390 e. The number of anilines is 1. The molecular weight excluding hydrogens is 250 g/mol. The Labute approximate surface area is 110 Å². The smallest absolute Gasteiger partial charge is 0.185 e. The van der Waals surface area contributed by atoms with Crippen molar-refractivity contribution in [2.45, 2.75) is 13.0 Å². The van der Waals surface area contributed by atoms with E-state index in [2.05, 4.69) is 15.4 Å². The van der Waals surface area contributed by atoms with Crippen LogP contribution in [0, 0.1) is 6.92 Å². The van der Waals surface area contributed by atoms with Crippen molar-refractivity contribution in [1.29, 1.82) is 0 Å². The first-order valence-electron chi connectivity index (χ1n) is 5.84. The minimum absolute atomic E-state index is 0.397. The van der Waals surface area contributed by atoms with Gasteiger partial charge < -0.3 is 15.3 Å². The quantitative estimate of drug-likeness (QED) is 0.835. The van der Waals surface area contributed by atoms with E-state index >= 15 is 0 Å². The average molecular weight is 269 g/mol. The van der Waals surface area contributed by atoms with Crippen LogP contribution in [0.2, 0.25) is 0 Å². The molecule has 100 valence electrons. The van der Waals surface area contributed by atoms with Gasteiger partial charge in [0.1, 0.15) is 0 Å². The molecule has 0 aliphatic heterocycles. The Hall–Kier alpha value is -1.18. The monoisotopic (exact) mass is 269 g/mol. The summed E-state index contributed by atoms with van der Waals surface area (Å²) in [6, 6.07) is 0. The van der Waals surface area contributed by atoms with E-state index in [0.29, 0.717) is 13.1 Å². The summed E-state index contributed by atoms with van der Waals surface area (Å²) in [5, 5.41) is 18.1. The van der Waals surface area contributed by atoms with Crippen LogP contribution in [0.1, 0.15) is 5.69 Å². The number of thiazole rings is 1. The number of hydrogen-bond acceptors (Lipinski definition) is 6. The summed E-state index contributed by atoms with van der Waals surface area (Å²) in [5.74, 6) is 0. The summed E-state index contributed by atoms with van der Waals surface area (Å²) in [5.41, 5.74) is 1.88. The van der Waals surface area contributed by atoms with Crippen molar-refractivity contribution in [3.63, 3.8) is 0 Å². The zero-order chi connectivity index (χ0) is 13.3. The van der Waals surface area contributed by atoms with Crippen LogP contribution in [0.4, 0.5) is 5.13 Å². The first kappa shape index (κ1) is 13.3. The molecule has 7 heteroatoms. The second-order valence-electron chi connectivity index (χ2n) is 4.68. The Kier molecular flexibility index (Phi) is 3.84. The van der Waals surface area contributed by atoms with Gasteiger partial charge in [0, 0.05) is 20.1 Å². The van der Waals surface area contributed by atoms with Crippen molar-refractivity contribution >= 4 is 26.8 Å². The van der Waals surface area contributed by atoms with Gasteiger partial charge in [-0.2, -0.15) is 5.10 Å². The number of nitrogens with one attached hydrogen (secondary N) is 1. The van der Waals surface area contributed by atoms with E-state index in [-0.39, 0.29) is 0 Å². The molecule has 0 bridgehead atoms. The fraction of sp³-hybridized carbons (Fsp3) is 0.636. The van der Waals surface area contributed by atoms with Crippen LogP contribution in [0.25, 0.3) is 10.3 Å². The lowest BCUT2D eigenvalue weighted by molar-refractivity contribution is 0.148. The van der Waals surface area contributed by atoms with Crippen LogP contribution in [0.5, 0.6) is 0 Å². The van der Waals surface area contributed by atoms with Crippen molar-refractivity contribution in [3.05, 3.63) is 5.69 Å². The maximum Gasteiger partial charge on any atom is 0.185 e. The third-order valence-electron chi connectivity index (χ3n) is 2.61. The van der Waals surface area contributed by atoms with Crippen molar-refractivity contribution in [1.82, 2.24) is 19.7 Å². The van der Waals surface area contributed by atoms with Gasteiger partial charge in [0.25, 0.3) is 0 Å². The molecule has 2 N–H and O–H groups in total. The molecule has 0 radical (unpaired) electrons. The van der Waals surface area contributed by atoms with Gasteiger partial charge >= 0.3 is 0 Å². The van der Waals surface area contributed by atoms with Gasteiger partial charge in [0.05, 0.1) is 16.5 Å². The number of aromatic nitrogens is 3. The molecule has 2 heterocycles. The highest BCUT2D eigenvalue weighted by atomic mass is 32.1. The van der Waals surface area contributed by atoms with E-state index < -0.39 is 6.10 Å². The van der Waals surface area contributed by atoms with Gasteiger partial charge in [-0.05, 0) is 21.0 Å². The fourth-order valence-corrected chi connectivity index (χ4v) is 2.79. The van der Waals surface area contributed by atoms with Crippen LogP contribution in [-0.4, -0.2) is 58.1 Å². The van der Waals surface area contributed by atoms with E-state index in [4.69, 9.17) is 0 Å². The van der Waals surface area contributed by atoms with Gasteiger partial charge in [-0.25, -0.2) is 9.67 Å². The number of aliphatic hydroxyl groups excluding tert-OH is 1. The summed E-state index contributed by atoms with van der Waals surface area (Å²) in [4.78, 5) is 6.42. The maximum absolute atomic E-state index is 9.77. The summed E-state index contributed by atoms with van der Waals surface area (Å²) in [7, 11) is 5.77. The second kappa shape index (κ2) is 5.21.